The topological polar surface area (TPSA) is 0 Å². The first kappa shape index (κ1) is 16.5. The molecule has 0 aromatic carbocycles. The van der Waals surface area contributed by atoms with Gasteiger partial charge in [0.05, 0.1) is 0 Å². The molecule has 0 heteroatoms. The first-order valence-electron chi connectivity index (χ1n) is 7.49. The number of hydrogen-bond acceptors (Lipinski definition) is 0. The van der Waals surface area contributed by atoms with E-state index in [2.05, 4.69) is 38.2 Å². The van der Waals surface area contributed by atoms with Crippen LogP contribution < -0.4 is 0 Å². The van der Waals surface area contributed by atoms with Crippen molar-refractivity contribution in [2.24, 2.45) is 0 Å². The lowest BCUT2D eigenvalue weighted by molar-refractivity contribution is 0.561. The summed E-state index contributed by atoms with van der Waals surface area (Å²) < 4.78 is 0. The highest BCUT2D eigenvalue weighted by Gasteiger charge is 1.91. The molecule has 0 saturated carbocycles. The third-order valence-electron chi connectivity index (χ3n) is 3.06. The molecular formula is C17H31. The van der Waals surface area contributed by atoms with E-state index < -0.39 is 0 Å². The molecule has 0 aliphatic heterocycles. The Hall–Kier alpha value is -0.520. The average molecular weight is 235 g/mol. The average Bonchev–Trinajstić information content (AvgIpc) is 2.35. The van der Waals surface area contributed by atoms with Gasteiger partial charge in [-0.25, -0.2) is 0 Å². The summed E-state index contributed by atoms with van der Waals surface area (Å²) >= 11 is 0. The Morgan fingerprint density at radius 1 is 0.706 bits per heavy atom. The van der Waals surface area contributed by atoms with Crippen LogP contribution in [0.5, 0.6) is 0 Å². The quantitative estimate of drug-likeness (QED) is 0.277. The maximum Gasteiger partial charge on any atom is -0.0348 e. The Bertz CT molecular complexity index is 176. The normalized spacial score (nSPS) is 11.9. The van der Waals surface area contributed by atoms with Crippen molar-refractivity contribution >= 4 is 0 Å². The van der Waals surface area contributed by atoms with E-state index in [1.807, 2.05) is 0 Å². The van der Waals surface area contributed by atoms with Crippen molar-refractivity contribution in [1.82, 2.24) is 0 Å². The Kier molecular flexibility index (Phi) is 15.0. The number of unbranched alkanes of at least 4 members (excludes halogenated alkanes) is 10. The van der Waals surface area contributed by atoms with Crippen molar-refractivity contribution in [3.8, 4) is 0 Å². The van der Waals surface area contributed by atoms with Gasteiger partial charge in [0.2, 0.25) is 0 Å². The molecule has 17 heavy (non-hydrogen) atoms. The van der Waals surface area contributed by atoms with Crippen molar-refractivity contribution in [2.75, 3.05) is 0 Å². The molecule has 0 aliphatic rings. The van der Waals surface area contributed by atoms with Crippen LogP contribution in [0.1, 0.15) is 77.6 Å². The van der Waals surface area contributed by atoms with Gasteiger partial charge in [0, 0.05) is 0 Å². The number of allylic oxidation sites excluding steroid dienone is 4. The van der Waals surface area contributed by atoms with Crippen molar-refractivity contribution in [1.29, 1.82) is 0 Å². The summed E-state index contributed by atoms with van der Waals surface area (Å²) in [7, 11) is 0. The van der Waals surface area contributed by atoms with E-state index in [1.54, 1.807) is 0 Å². The molecule has 0 N–H and O–H groups in total. The lowest BCUT2D eigenvalue weighted by Crippen LogP contribution is -1.81. The second-order valence-electron chi connectivity index (χ2n) is 4.78. The van der Waals surface area contributed by atoms with Crippen LogP contribution in [-0.2, 0) is 0 Å². The molecule has 0 fully saturated rings. The summed E-state index contributed by atoms with van der Waals surface area (Å²) in [6.45, 7) is 5.93. The van der Waals surface area contributed by atoms with Crippen molar-refractivity contribution in [3.05, 3.63) is 31.2 Å². The SMILES string of the molecule is [CH2]CCCCCCCCCCC/C=C/C=C/C. The second kappa shape index (κ2) is 15.5. The first-order chi connectivity index (χ1) is 8.41. The number of rotatable bonds is 12. The Balaban J connectivity index is 2.98. The van der Waals surface area contributed by atoms with E-state index in [0.717, 1.165) is 6.42 Å². The molecule has 99 valence electrons. The van der Waals surface area contributed by atoms with Crippen LogP contribution in [0, 0.1) is 6.92 Å². The predicted molar refractivity (Wildman–Crippen MR) is 80.1 cm³/mol. The van der Waals surface area contributed by atoms with E-state index in [9.17, 15) is 0 Å². The predicted octanol–water partition coefficient (Wildman–Crippen LogP) is 6.24. The van der Waals surface area contributed by atoms with E-state index in [4.69, 9.17) is 0 Å². The minimum atomic E-state index is 1.11. The van der Waals surface area contributed by atoms with Crippen molar-refractivity contribution < 1.29 is 0 Å². The third kappa shape index (κ3) is 15.5. The fraction of sp³-hybridized carbons (Fsp3) is 0.706. The zero-order valence-electron chi connectivity index (χ0n) is 11.8. The Morgan fingerprint density at radius 2 is 1.24 bits per heavy atom. The van der Waals surface area contributed by atoms with Crippen LogP contribution in [0.2, 0.25) is 0 Å². The summed E-state index contributed by atoms with van der Waals surface area (Å²) in [5.74, 6) is 0. The Labute approximate surface area is 109 Å². The molecule has 0 aromatic heterocycles. The van der Waals surface area contributed by atoms with Crippen LogP contribution in [0.3, 0.4) is 0 Å². The maximum absolute atomic E-state index is 3.87. The monoisotopic (exact) mass is 235 g/mol. The molecule has 0 nitrogen and oxygen atoms in total. The van der Waals surface area contributed by atoms with Crippen LogP contribution in [0.15, 0.2) is 24.3 Å². The van der Waals surface area contributed by atoms with E-state index in [0.29, 0.717) is 0 Å². The zero-order valence-corrected chi connectivity index (χ0v) is 11.8. The zero-order chi connectivity index (χ0) is 12.6. The van der Waals surface area contributed by atoms with Gasteiger partial charge in [0.15, 0.2) is 0 Å². The fourth-order valence-electron chi connectivity index (χ4n) is 1.96. The van der Waals surface area contributed by atoms with Crippen molar-refractivity contribution in [2.45, 2.75) is 77.6 Å². The van der Waals surface area contributed by atoms with E-state index >= 15 is 0 Å². The molecule has 0 rings (SSSR count). The largest absolute Gasteiger partial charge is 0.0877 e. The highest BCUT2D eigenvalue weighted by atomic mass is 14.0. The van der Waals surface area contributed by atoms with Gasteiger partial charge in [0.25, 0.3) is 0 Å². The molecule has 0 atom stereocenters. The molecule has 0 heterocycles. The summed E-state index contributed by atoms with van der Waals surface area (Å²) in [6, 6.07) is 0. The van der Waals surface area contributed by atoms with Gasteiger partial charge in [-0.05, 0) is 19.8 Å². The standard InChI is InChI=1S/C17H31/c1-3-5-7-9-11-13-15-17-16-14-12-10-8-6-4-2/h4,6,8,10H,1,3,5,7,9,11-17H2,2H3/b6-4+,10-8+. The minimum absolute atomic E-state index is 1.11. The molecule has 1 radical (unpaired) electrons. The summed E-state index contributed by atoms with van der Waals surface area (Å²) in [5, 5.41) is 0. The van der Waals surface area contributed by atoms with Crippen LogP contribution in [-0.4, -0.2) is 0 Å². The van der Waals surface area contributed by atoms with Gasteiger partial charge < -0.3 is 0 Å². The van der Waals surface area contributed by atoms with Crippen LogP contribution in [0.4, 0.5) is 0 Å². The molecule has 0 aromatic rings. The van der Waals surface area contributed by atoms with E-state index in [1.165, 1.54) is 64.2 Å². The lowest BCUT2D eigenvalue weighted by Gasteiger charge is -2.01. The molecule has 0 bridgehead atoms. The summed E-state index contributed by atoms with van der Waals surface area (Å²) in [4.78, 5) is 0. The third-order valence-corrected chi connectivity index (χ3v) is 3.06. The van der Waals surface area contributed by atoms with E-state index in [-0.39, 0.29) is 0 Å². The van der Waals surface area contributed by atoms with Crippen molar-refractivity contribution in [3.63, 3.8) is 0 Å². The van der Waals surface area contributed by atoms with Gasteiger partial charge in [-0.2, -0.15) is 0 Å². The molecular weight excluding hydrogens is 204 g/mol. The first-order valence-corrected chi connectivity index (χ1v) is 7.49. The van der Waals surface area contributed by atoms with Gasteiger partial charge >= 0.3 is 0 Å². The van der Waals surface area contributed by atoms with Gasteiger partial charge in [-0.15, -0.1) is 0 Å². The van der Waals surface area contributed by atoms with Crippen LogP contribution >= 0.6 is 0 Å². The highest BCUT2D eigenvalue weighted by molar-refractivity contribution is 5.00. The molecule has 0 aliphatic carbocycles. The fourth-order valence-corrected chi connectivity index (χ4v) is 1.96. The van der Waals surface area contributed by atoms with Crippen LogP contribution in [0.25, 0.3) is 0 Å². The number of hydrogen-bond donors (Lipinski definition) is 0. The lowest BCUT2D eigenvalue weighted by atomic mass is 10.1. The Morgan fingerprint density at radius 3 is 1.76 bits per heavy atom. The second-order valence-corrected chi connectivity index (χ2v) is 4.78. The summed E-state index contributed by atoms with van der Waals surface area (Å²) in [6.07, 6.45) is 23.6. The minimum Gasteiger partial charge on any atom is -0.0877 e. The maximum atomic E-state index is 3.87. The smallest absolute Gasteiger partial charge is 0.0348 e. The molecule has 0 spiro atoms. The van der Waals surface area contributed by atoms with Gasteiger partial charge in [-0.1, -0.05) is 89.0 Å². The highest BCUT2D eigenvalue weighted by Crippen LogP contribution is 2.11. The van der Waals surface area contributed by atoms with Gasteiger partial charge in [-0.3, -0.25) is 0 Å². The van der Waals surface area contributed by atoms with Gasteiger partial charge in [0.1, 0.15) is 0 Å². The summed E-state index contributed by atoms with van der Waals surface area (Å²) in [5.41, 5.74) is 0. The molecule has 0 unspecified atom stereocenters. The molecule has 0 saturated heterocycles. The molecule has 0 amide bonds.